The summed E-state index contributed by atoms with van der Waals surface area (Å²) in [6.07, 6.45) is 4.67. The molecule has 31 heavy (non-hydrogen) atoms. The van der Waals surface area contributed by atoms with Crippen LogP contribution in [0, 0.1) is 11.3 Å². The zero-order valence-electron chi connectivity index (χ0n) is 21.0. The fourth-order valence-electron chi connectivity index (χ4n) is 5.11. The lowest BCUT2D eigenvalue weighted by molar-refractivity contribution is 0.361. The average molecular weight is 416 g/mol. The molecule has 0 radical (unpaired) electrons. The zero-order chi connectivity index (χ0) is 23.3. The maximum absolute atomic E-state index is 9.60. The van der Waals surface area contributed by atoms with Gasteiger partial charge in [0.15, 0.2) is 0 Å². The van der Waals surface area contributed by atoms with E-state index in [0.29, 0.717) is 11.8 Å². The molecule has 2 aromatic rings. The van der Waals surface area contributed by atoms with Crippen LogP contribution in [0.4, 0.5) is 0 Å². The maximum atomic E-state index is 9.60. The molecule has 0 unspecified atom stereocenters. The molecule has 0 saturated carbocycles. The molecule has 166 valence electrons. The lowest BCUT2D eigenvalue weighted by Gasteiger charge is -2.35. The minimum atomic E-state index is 0.202. The average Bonchev–Trinajstić information content (AvgIpc) is 2.76. The van der Waals surface area contributed by atoms with Gasteiger partial charge in [0, 0.05) is 0 Å². The third-order valence-electron chi connectivity index (χ3n) is 6.99. The topological polar surface area (TPSA) is 23.8 Å². The third-order valence-corrected chi connectivity index (χ3v) is 6.99. The highest BCUT2D eigenvalue weighted by Crippen LogP contribution is 2.43. The van der Waals surface area contributed by atoms with Crippen molar-refractivity contribution in [2.24, 2.45) is 0 Å². The molecular weight excluding hydrogens is 374 g/mol. The van der Waals surface area contributed by atoms with Crippen molar-refractivity contribution in [1.82, 2.24) is 0 Å². The molecule has 0 aliphatic heterocycles. The minimum absolute atomic E-state index is 0.202. The molecule has 1 nitrogen and oxygen atoms in total. The number of hydrogen-bond acceptors (Lipinski definition) is 1. The third kappa shape index (κ3) is 4.95. The summed E-state index contributed by atoms with van der Waals surface area (Å²) in [7, 11) is 0. The number of hydrogen-bond donors (Lipinski definition) is 0. The van der Waals surface area contributed by atoms with Crippen LogP contribution in [0.5, 0.6) is 0 Å². The predicted molar refractivity (Wildman–Crippen MR) is 137 cm³/mol. The summed E-state index contributed by atoms with van der Waals surface area (Å²) in [6.45, 7) is 22.3. The number of nitrogens with zero attached hydrogens (tertiary/aromatic N) is 1. The highest BCUT2D eigenvalue weighted by atomic mass is 14.3. The van der Waals surface area contributed by atoms with Crippen molar-refractivity contribution in [2.75, 3.05) is 0 Å². The van der Waals surface area contributed by atoms with Crippen LogP contribution in [-0.4, -0.2) is 0 Å². The Balaban J connectivity index is 2.87. The lowest BCUT2D eigenvalue weighted by atomic mass is 9.69. The Hall–Kier alpha value is -2.33. The van der Waals surface area contributed by atoms with Crippen molar-refractivity contribution in [1.29, 1.82) is 5.26 Å². The molecule has 0 atom stereocenters. The van der Waals surface area contributed by atoms with Crippen LogP contribution in [0.25, 0.3) is 16.7 Å². The van der Waals surface area contributed by atoms with Gasteiger partial charge < -0.3 is 0 Å². The second-order valence-corrected chi connectivity index (χ2v) is 9.73. The van der Waals surface area contributed by atoms with Gasteiger partial charge in [-0.15, -0.1) is 0 Å². The second-order valence-electron chi connectivity index (χ2n) is 9.73. The van der Waals surface area contributed by atoms with Crippen LogP contribution in [0.1, 0.15) is 121 Å². The molecule has 0 saturated heterocycles. The van der Waals surface area contributed by atoms with Gasteiger partial charge in [-0.05, 0) is 95.0 Å². The fraction of sp³-hybridized carbons (Fsp3) is 0.500. The van der Waals surface area contributed by atoms with Gasteiger partial charge in [-0.3, -0.25) is 0 Å². The molecule has 2 aromatic carbocycles. The molecule has 0 heterocycles. The Morgan fingerprint density at radius 1 is 0.968 bits per heavy atom. The lowest BCUT2D eigenvalue weighted by Crippen LogP contribution is -2.25. The monoisotopic (exact) mass is 415 g/mol. The second kappa shape index (κ2) is 10.3. The van der Waals surface area contributed by atoms with Gasteiger partial charge in [0.1, 0.15) is 0 Å². The molecule has 0 aromatic heterocycles. The molecule has 2 rings (SSSR count). The van der Waals surface area contributed by atoms with E-state index in [-0.39, 0.29) is 5.41 Å². The molecule has 0 aliphatic rings. The Bertz CT molecular complexity index is 935. The molecule has 1 heteroatoms. The summed E-state index contributed by atoms with van der Waals surface area (Å²) in [6, 6.07) is 13.6. The van der Waals surface area contributed by atoms with E-state index in [1.807, 2.05) is 0 Å². The Morgan fingerprint density at radius 3 is 1.90 bits per heavy atom. The highest BCUT2D eigenvalue weighted by molar-refractivity contribution is 5.78. The van der Waals surface area contributed by atoms with E-state index >= 15 is 0 Å². The largest absolute Gasteiger partial charge is 0.192 e. The summed E-state index contributed by atoms with van der Waals surface area (Å²) < 4.78 is 0. The normalized spacial score (nSPS) is 11.8. The minimum Gasteiger partial charge on any atom is -0.192 e. The first-order chi connectivity index (χ1) is 14.6. The van der Waals surface area contributed by atoms with Gasteiger partial charge in [0.25, 0.3) is 0 Å². The molecular formula is C30H41N. The van der Waals surface area contributed by atoms with E-state index < -0.39 is 0 Å². The van der Waals surface area contributed by atoms with Gasteiger partial charge in [0.2, 0.25) is 0 Å². The summed E-state index contributed by atoms with van der Waals surface area (Å²) in [5, 5.41) is 9.60. The quantitative estimate of drug-likeness (QED) is 0.400. The van der Waals surface area contributed by atoms with Crippen LogP contribution in [0.3, 0.4) is 0 Å². The Kier molecular flexibility index (Phi) is 8.30. The SMILES string of the molecule is C=C(C)c1cc(-c2c(C(C)C)cc(C#N)cc2C(C)C)ccc1C(CC)(CC)CCC. The molecule has 0 N–H and O–H groups in total. The Labute approximate surface area is 191 Å². The number of benzene rings is 2. The molecule has 0 amide bonds. The summed E-state index contributed by atoms with van der Waals surface area (Å²) in [5.74, 6) is 0.693. The van der Waals surface area contributed by atoms with E-state index in [1.54, 1.807) is 0 Å². The van der Waals surface area contributed by atoms with Crippen LogP contribution in [0.15, 0.2) is 36.9 Å². The van der Waals surface area contributed by atoms with Crippen molar-refractivity contribution < 1.29 is 0 Å². The number of allylic oxidation sites excluding steroid dienone is 1. The predicted octanol–water partition coefficient (Wildman–Crippen LogP) is 9.36. The van der Waals surface area contributed by atoms with Crippen molar-refractivity contribution >= 4 is 5.57 Å². The van der Waals surface area contributed by atoms with Crippen LogP contribution in [0.2, 0.25) is 0 Å². The van der Waals surface area contributed by atoms with Crippen molar-refractivity contribution in [3.05, 3.63) is 64.7 Å². The van der Waals surface area contributed by atoms with E-state index in [0.717, 1.165) is 24.0 Å². The first kappa shape index (κ1) is 24.9. The summed E-state index contributed by atoms with van der Waals surface area (Å²) >= 11 is 0. The molecule has 0 spiro atoms. The van der Waals surface area contributed by atoms with Crippen LogP contribution >= 0.6 is 0 Å². The van der Waals surface area contributed by atoms with E-state index in [4.69, 9.17) is 0 Å². The van der Waals surface area contributed by atoms with E-state index in [9.17, 15) is 5.26 Å². The van der Waals surface area contributed by atoms with Crippen LogP contribution < -0.4 is 0 Å². The first-order valence-corrected chi connectivity index (χ1v) is 12.0. The fourth-order valence-corrected chi connectivity index (χ4v) is 5.11. The zero-order valence-corrected chi connectivity index (χ0v) is 21.0. The molecule has 0 fully saturated rings. The first-order valence-electron chi connectivity index (χ1n) is 12.0. The van der Waals surface area contributed by atoms with Gasteiger partial charge in [-0.2, -0.15) is 5.26 Å². The van der Waals surface area contributed by atoms with Crippen molar-refractivity contribution in [3.8, 4) is 17.2 Å². The van der Waals surface area contributed by atoms with Gasteiger partial charge in [0.05, 0.1) is 11.6 Å². The Morgan fingerprint density at radius 2 is 1.52 bits per heavy atom. The standard InChI is InChI=1S/C30H41N/c1-10-15-30(11-2,12-3)28-14-13-24(18-25(28)20(4)5)29-26(21(6)7)16-23(19-31)17-27(29)22(8)9/h13-14,16-18,21-22H,4,10-12,15H2,1-3,5-9H3. The molecule has 0 bridgehead atoms. The maximum Gasteiger partial charge on any atom is 0.0991 e. The smallest absolute Gasteiger partial charge is 0.0991 e. The van der Waals surface area contributed by atoms with Gasteiger partial charge >= 0.3 is 0 Å². The molecule has 0 aliphatic carbocycles. The van der Waals surface area contributed by atoms with Crippen molar-refractivity contribution in [2.45, 2.75) is 98.3 Å². The van der Waals surface area contributed by atoms with Crippen molar-refractivity contribution in [3.63, 3.8) is 0 Å². The van der Waals surface area contributed by atoms with Gasteiger partial charge in [-0.1, -0.05) is 79.2 Å². The van der Waals surface area contributed by atoms with E-state index in [1.165, 1.54) is 46.2 Å². The highest BCUT2D eigenvalue weighted by Gasteiger charge is 2.30. The summed E-state index contributed by atoms with van der Waals surface area (Å²) in [5.41, 5.74) is 9.89. The number of nitriles is 1. The summed E-state index contributed by atoms with van der Waals surface area (Å²) in [4.78, 5) is 0. The van der Waals surface area contributed by atoms with Crippen LogP contribution in [-0.2, 0) is 5.41 Å². The van der Waals surface area contributed by atoms with E-state index in [2.05, 4.69) is 98.4 Å². The number of rotatable bonds is 9. The van der Waals surface area contributed by atoms with Gasteiger partial charge in [-0.25, -0.2) is 0 Å².